The Balaban J connectivity index is 1.59. The lowest BCUT2D eigenvalue weighted by molar-refractivity contribution is 0.684. The molecular weight excluding hydrogens is 244 g/mol. The van der Waals surface area contributed by atoms with Crippen LogP contribution in [0.25, 0.3) is 0 Å². The standard InChI is InChI=1S/C13H16N4S/c1-2-4-12-9-10(5-6-11(12)3-1)7-8-14-13-15-16-17-18-13/h5-6,9H,1-4,7-8H2,(H,14,15,17). The average molecular weight is 260 g/mol. The number of rotatable bonds is 4. The number of hydrogen-bond donors (Lipinski definition) is 1. The van der Waals surface area contributed by atoms with Gasteiger partial charge in [0.05, 0.1) is 0 Å². The second-order valence-corrected chi connectivity index (χ2v) is 5.39. The van der Waals surface area contributed by atoms with Crippen LogP contribution in [0.1, 0.15) is 29.5 Å². The predicted molar refractivity (Wildman–Crippen MR) is 73.0 cm³/mol. The Morgan fingerprint density at radius 3 is 2.89 bits per heavy atom. The van der Waals surface area contributed by atoms with E-state index in [1.165, 1.54) is 42.8 Å². The summed E-state index contributed by atoms with van der Waals surface area (Å²) in [5, 5.41) is 11.5. The monoisotopic (exact) mass is 260 g/mol. The van der Waals surface area contributed by atoms with Crippen LogP contribution in [0.5, 0.6) is 0 Å². The number of aryl methyl sites for hydroxylation is 2. The molecule has 0 bridgehead atoms. The van der Waals surface area contributed by atoms with Crippen LogP contribution in [-0.4, -0.2) is 21.3 Å². The minimum atomic E-state index is 0.799. The van der Waals surface area contributed by atoms with Crippen molar-refractivity contribution in [2.45, 2.75) is 32.1 Å². The van der Waals surface area contributed by atoms with Gasteiger partial charge in [-0.25, -0.2) is 0 Å². The molecule has 1 aliphatic carbocycles. The fourth-order valence-electron chi connectivity index (χ4n) is 2.46. The van der Waals surface area contributed by atoms with Crippen LogP contribution < -0.4 is 5.32 Å². The minimum Gasteiger partial charge on any atom is -0.359 e. The smallest absolute Gasteiger partial charge is 0.225 e. The highest BCUT2D eigenvalue weighted by atomic mass is 32.1. The Bertz CT molecular complexity index is 510. The first kappa shape index (κ1) is 11.6. The van der Waals surface area contributed by atoms with Crippen molar-refractivity contribution < 1.29 is 0 Å². The molecule has 0 spiro atoms. The van der Waals surface area contributed by atoms with Crippen molar-refractivity contribution in [2.24, 2.45) is 0 Å². The van der Waals surface area contributed by atoms with Gasteiger partial charge in [0.15, 0.2) is 0 Å². The normalized spacial score (nSPS) is 14.2. The summed E-state index contributed by atoms with van der Waals surface area (Å²) >= 11 is 1.30. The van der Waals surface area contributed by atoms with E-state index in [2.05, 4.69) is 38.3 Å². The SMILES string of the molecule is c1cc2c(cc1CCNc1nnns1)CCCC2. The topological polar surface area (TPSA) is 50.7 Å². The molecule has 0 aliphatic heterocycles. The molecule has 5 heteroatoms. The van der Waals surface area contributed by atoms with E-state index in [1.54, 1.807) is 11.1 Å². The molecule has 1 heterocycles. The Hall–Kier alpha value is -1.49. The lowest BCUT2D eigenvalue weighted by Crippen LogP contribution is -2.07. The maximum atomic E-state index is 3.86. The zero-order valence-corrected chi connectivity index (χ0v) is 11.0. The van der Waals surface area contributed by atoms with Crippen LogP contribution in [0.15, 0.2) is 18.2 Å². The van der Waals surface area contributed by atoms with E-state index in [0.29, 0.717) is 0 Å². The lowest BCUT2D eigenvalue weighted by atomic mass is 9.90. The molecule has 4 nitrogen and oxygen atoms in total. The summed E-state index contributed by atoms with van der Waals surface area (Å²) in [7, 11) is 0. The third-order valence-corrected chi connectivity index (χ3v) is 3.96. The van der Waals surface area contributed by atoms with Crippen LogP contribution in [0.4, 0.5) is 5.13 Å². The van der Waals surface area contributed by atoms with Crippen LogP contribution in [-0.2, 0) is 19.3 Å². The molecule has 1 aromatic carbocycles. The predicted octanol–water partition coefficient (Wildman–Crippen LogP) is 2.47. The van der Waals surface area contributed by atoms with Gasteiger partial charge in [0.1, 0.15) is 0 Å². The van der Waals surface area contributed by atoms with Crippen LogP contribution in [0.2, 0.25) is 0 Å². The molecule has 0 saturated heterocycles. The lowest BCUT2D eigenvalue weighted by Gasteiger charge is -2.16. The van der Waals surface area contributed by atoms with Crippen molar-refractivity contribution in [1.29, 1.82) is 0 Å². The molecule has 0 fully saturated rings. The fraction of sp³-hybridized carbons (Fsp3) is 0.462. The van der Waals surface area contributed by atoms with E-state index in [-0.39, 0.29) is 0 Å². The summed E-state index contributed by atoms with van der Waals surface area (Å²) in [5.74, 6) is 0. The first-order valence-electron chi connectivity index (χ1n) is 6.41. The van der Waals surface area contributed by atoms with Gasteiger partial charge in [0, 0.05) is 18.1 Å². The quantitative estimate of drug-likeness (QED) is 0.917. The highest BCUT2D eigenvalue weighted by Crippen LogP contribution is 2.22. The summed E-state index contributed by atoms with van der Waals surface area (Å²) in [6, 6.07) is 6.93. The van der Waals surface area contributed by atoms with Gasteiger partial charge in [-0.15, -0.1) is 0 Å². The summed E-state index contributed by atoms with van der Waals surface area (Å²) in [6.45, 7) is 0.885. The molecule has 0 radical (unpaired) electrons. The van der Waals surface area contributed by atoms with Gasteiger partial charge in [-0.3, -0.25) is 0 Å². The van der Waals surface area contributed by atoms with E-state index < -0.39 is 0 Å². The number of aromatic nitrogens is 3. The van der Waals surface area contributed by atoms with Gasteiger partial charge in [-0.2, -0.15) is 0 Å². The number of anilines is 1. The molecule has 0 saturated carbocycles. The number of nitrogens with zero attached hydrogens (tertiary/aromatic N) is 3. The minimum absolute atomic E-state index is 0.799. The molecule has 1 aliphatic rings. The van der Waals surface area contributed by atoms with E-state index in [1.807, 2.05) is 0 Å². The van der Waals surface area contributed by atoms with Gasteiger partial charge < -0.3 is 5.32 Å². The van der Waals surface area contributed by atoms with E-state index >= 15 is 0 Å². The molecule has 94 valence electrons. The maximum Gasteiger partial charge on any atom is 0.225 e. The highest BCUT2D eigenvalue weighted by Gasteiger charge is 2.09. The second-order valence-electron chi connectivity index (χ2n) is 4.65. The first-order chi connectivity index (χ1) is 8.92. The molecular formula is C13H16N4S. The number of hydrogen-bond acceptors (Lipinski definition) is 5. The van der Waals surface area contributed by atoms with Crippen molar-refractivity contribution in [1.82, 2.24) is 14.8 Å². The maximum absolute atomic E-state index is 3.86. The summed E-state index contributed by atoms with van der Waals surface area (Å²) in [5.41, 5.74) is 4.50. The van der Waals surface area contributed by atoms with Gasteiger partial charge >= 0.3 is 0 Å². The summed E-state index contributed by atoms with van der Waals surface area (Å²) in [4.78, 5) is 0. The second kappa shape index (κ2) is 5.44. The number of benzene rings is 1. The van der Waals surface area contributed by atoms with Crippen LogP contribution in [0, 0.1) is 0 Å². The van der Waals surface area contributed by atoms with Crippen LogP contribution >= 0.6 is 11.5 Å². The zero-order valence-electron chi connectivity index (χ0n) is 10.2. The third kappa shape index (κ3) is 2.67. The summed E-state index contributed by atoms with van der Waals surface area (Å²) in [6.07, 6.45) is 6.21. The number of fused-ring (bicyclic) bond motifs is 1. The highest BCUT2D eigenvalue weighted by molar-refractivity contribution is 7.09. The third-order valence-electron chi connectivity index (χ3n) is 3.40. The average Bonchev–Trinajstić information content (AvgIpc) is 2.92. The Morgan fingerprint density at radius 2 is 2.06 bits per heavy atom. The molecule has 1 aromatic heterocycles. The Kier molecular flexibility index (Phi) is 3.50. The van der Waals surface area contributed by atoms with Gasteiger partial charge in [-0.05, 0) is 54.0 Å². The van der Waals surface area contributed by atoms with Crippen LogP contribution in [0.3, 0.4) is 0 Å². The van der Waals surface area contributed by atoms with Gasteiger partial charge in [0.2, 0.25) is 5.13 Å². The summed E-state index contributed by atoms with van der Waals surface area (Å²) < 4.78 is 3.72. The van der Waals surface area contributed by atoms with E-state index in [0.717, 1.165) is 18.1 Å². The zero-order chi connectivity index (χ0) is 12.2. The van der Waals surface area contributed by atoms with E-state index in [4.69, 9.17) is 0 Å². The van der Waals surface area contributed by atoms with Crippen molar-refractivity contribution in [3.05, 3.63) is 34.9 Å². The van der Waals surface area contributed by atoms with Crippen molar-refractivity contribution in [2.75, 3.05) is 11.9 Å². The van der Waals surface area contributed by atoms with Gasteiger partial charge in [-0.1, -0.05) is 27.8 Å². The molecule has 2 aromatic rings. The number of nitrogens with one attached hydrogen (secondary N) is 1. The van der Waals surface area contributed by atoms with E-state index in [9.17, 15) is 0 Å². The fourth-order valence-corrected chi connectivity index (χ4v) is 2.85. The Morgan fingerprint density at radius 1 is 1.17 bits per heavy atom. The van der Waals surface area contributed by atoms with Crippen molar-refractivity contribution in [3.63, 3.8) is 0 Å². The first-order valence-corrected chi connectivity index (χ1v) is 7.19. The molecule has 3 rings (SSSR count). The molecule has 0 atom stereocenters. The van der Waals surface area contributed by atoms with Crippen molar-refractivity contribution in [3.8, 4) is 0 Å². The van der Waals surface area contributed by atoms with Crippen molar-refractivity contribution >= 4 is 16.7 Å². The Labute approximate surface area is 111 Å². The molecule has 1 N–H and O–H groups in total. The molecule has 18 heavy (non-hydrogen) atoms. The van der Waals surface area contributed by atoms with Gasteiger partial charge in [0.25, 0.3) is 0 Å². The molecule has 0 amide bonds. The molecule has 0 unspecified atom stereocenters. The largest absolute Gasteiger partial charge is 0.359 e.